The van der Waals surface area contributed by atoms with E-state index in [4.69, 9.17) is 18.9 Å². The van der Waals surface area contributed by atoms with Crippen LogP contribution in [0.4, 0.5) is 0 Å². The average molecular weight is 369 g/mol. The van der Waals surface area contributed by atoms with Crippen LogP contribution in [0.3, 0.4) is 0 Å². The summed E-state index contributed by atoms with van der Waals surface area (Å²) in [6.07, 6.45) is 5.13. The van der Waals surface area contributed by atoms with Crippen molar-refractivity contribution in [1.82, 2.24) is 0 Å². The monoisotopic (exact) mass is 368 g/mol. The van der Waals surface area contributed by atoms with Crippen LogP contribution < -0.4 is 0 Å². The van der Waals surface area contributed by atoms with Gasteiger partial charge in [0, 0.05) is 0 Å². The molecule has 0 fully saturated rings. The van der Waals surface area contributed by atoms with Crippen molar-refractivity contribution in [3.63, 3.8) is 0 Å². The molecule has 0 aromatic rings. The molecule has 0 aromatic carbocycles. The molecular formula is C21H36O5. The number of allylic oxidation sites excluding steroid dienone is 3. The van der Waals surface area contributed by atoms with Gasteiger partial charge in [-0.2, -0.15) is 0 Å². The van der Waals surface area contributed by atoms with E-state index < -0.39 is 12.1 Å². The van der Waals surface area contributed by atoms with Crippen LogP contribution >= 0.6 is 0 Å². The number of esters is 1. The second kappa shape index (κ2) is 14.7. The maximum atomic E-state index is 12.0. The highest BCUT2D eigenvalue weighted by Crippen LogP contribution is 2.07. The van der Waals surface area contributed by atoms with Crippen molar-refractivity contribution < 1.29 is 23.7 Å². The summed E-state index contributed by atoms with van der Waals surface area (Å²) < 4.78 is 22.2. The van der Waals surface area contributed by atoms with Crippen LogP contribution in [0.1, 0.15) is 48.5 Å². The van der Waals surface area contributed by atoms with E-state index in [9.17, 15) is 4.79 Å². The predicted molar refractivity (Wildman–Crippen MR) is 105 cm³/mol. The van der Waals surface area contributed by atoms with Gasteiger partial charge in [-0.05, 0) is 48.5 Å². The maximum Gasteiger partial charge on any atom is 0.332 e. The summed E-state index contributed by atoms with van der Waals surface area (Å²) in [4.78, 5) is 12.0. The molecule has 0 heterocycles. The molecule has 0 saturated carbocycles. The number of carbonyl (C=O) groups excluding carboxylic acids is 1. The minimum atomic E-state index is -0.481. The Balaban J connectivity index is 4.53. The zero-order chi connectivity index (χ0) is 19.9. The van der Waals surface area contributed by atoms with Crippen LogP contribution in [0.2, 0.25) is 0 Å². The van der Waals surface area contributed by atoms with Crippen LogP contribution in [0.5, 0.6) is 0 Å². The number of ether oxygens (including phenoxy) is 4. The molecule has 0 aliphatic rings. The Hall–Kier alpha value is -1.43. The summed E-state index contributed by atoms with van der Waals surface area (Å²) in [7, 11) is 0. The highest BCUT2D eigenvalue weighted by molar-refractivity contribution is 5.71. The quantitative estimate of drug-likeness (QED) is 0.277. The zero-order valence-electron chi connectivity index (χ0n) is 17.5. The van der Waals surface area contributed by atoms with Gasteiger partial charge in [-0.15, -0.1) is 0 Å². The first-order valence-corrected chi connectivity index (χ1v) is 9.09. The third kappa shape index (κ3) is 14.9. The van der Waals surface area contributed by atoms with Gasteiger partial charge in [0.05, 0.1) is 32.5 Å². The molecule has 0 radical (unpaired) electrons. The van der Waals surface area contributed by atoms with E-state index in [2.05, 4.69) is 0 Å². The van der Waals surface area contributed by atoms with Crippen molar-refractivity contribution in [2.24, 2.45) is 0 Å². The van der Waals surface area contributed by atoms with Crippen molar-refractivity contribution in [2.75, 3.05) is 33.0 Å². The smallest absolute Gasteiger partial charge is 0.332 e. The Morgan fingerprint density at radius 3 is 1.85 bits per heavy atom. The van der Waals surface area contributed by atoms with Crippen molar-refractivity contribution in [3.05, 3.63) is 34.9 Å². The number of rotatable bonds is 13. The third-order valence-corrected chi connectivity index (χ3v) is 3.38. The van der Waals surface area contributed by atoms with Gasteiger partial charge in [0.1, 0.15) is 6.61 Å². The fraction of sp³-hybridized carbons (Fsp3) is 0.667. The van der Waals surface area contributed by atoms with Crippen molar-refractivity contribution in [3.8, 4) is 0 Å². The van der Waals surface area contributed by atoms with Gasteiger partial charge < -0.3 is 18.9 Å². The van der Waals surface area contributed by atoms with E-state index >= 15 is 0 Å². The molecule has 0 aliphatic carbocycles. The fourth-order valence-electron chi connectivity index (χ4n) is 1.72. The summed E-state index contributed by atoms with van der Waals surface area (Å²) >= 11 is 0. The van der Waals surface area contributed by atoms with Gasteiger partial charge in [0.2, 0.25) is 0 Å². The summed E-state index contributed by atoms with van der Waals surface area (Å²) in [5, 5.41) is 0. The highest BCUT2D eigenvalue weighted by atomic mass is 16.6. The van der Waals surface area contributed by atoms with Crippen molar-refractivity contribution >= 4 is 5.97 Å². The molecule has 26 heavy (non-hydrogen) atoms. The first kappa shape index (κ1) is 24.6. The van der Waals surface area contributed by atoms with Gasteiger partial charge in [-0.1, -0.05) is 34.9 Å². The minimum Gasteiger partial charge on any atom is -0.455 e. The largest absolute Gasteiger partial charge is 0.455 e. The van der Waals surface area contributed by atoms with Crippen LogP contribution in [-0.4, -0.2) is 51.2 Å². The molecule has 0 rings (SSSR count). The van der Waals surface area contributed by atoms with Gasteiger partial charge in [0.25, 0.3) is 0 Å². The van der Waals surface area contributed by atoms with Gasteiger partial charge >= 0.3 is 5.97 Å². The van der Waals surface area contributed by atoms with Crippen molar-refractivity contribution in [2.45, 2.75) is 60.7 Å². The normalized spacial score (nSPS) is 12.7. The molecule has 0 bridgehead atoms. The van der Waals surface area contributed by atoms with Gasteiger partial charge in [-0.3, -0.25) is 0 Å². The van der Waals surface area contributed by atoms with E-state index in [0.29, 0.717) is 19.8 Å². The Labute approximate surface area is 159 Å². The first-order valence-electron chi connectivity index (χ1n) is 9.09. The maximum absolute atomic E-state index is 12.0. The molecular weight excluding hydrogens is 332 g/mol. The number of hydrogen-bond acceptors (Lipinski definition) is 5. The lowest BCUT2D eigenvalue weighted by Crippen LogP contribution is -2.36. The number of carbonyl (C=O) groups is 1. The van der Waals surface area contributed by atoms with Crippen LogP contribution in [0.15, 0.2) is 34.9 Å². The van der Waals surface area contributed by atoms with E-state index in [0.717, 1.165) is 5.57 Å². The Bertz CT molecular complexity index is 479. The molecule has 5 nitrogen and oxygen atoms in total. The van der Waals surface area contributed by atoms with Crippen LogP contribution in [0, 0.1) is 0 Å². The summed E-state index contributed by atoms with van der Waals surface area (Å²) in [6, 6.07) is 0. The summed E-state index contributed by atoms with van der Waals surface area (Å²) in [5.74, 6) is -0.416. The zero-order valence-corrected chi connectivity index (χ0v) is 17.5. The molecule has 0 N–H and O–H groups in total. The van der Waals surface area contributed by atoms with E-state index in [1.165, 1.54) is 11.1 Å². The summed E-state index contributed by atoms with van der Waals surface area (Å²) in [6.45, 7) is 15.4. The standard InChI is InChI=1S/C21H36O5/c1-16(2)8-11-23-14-20(19(7)25-13-10-18(5)6)26-21(22)15-24-12-9-17(3)4/h8-10,19-20H,11-15H2,1-7H3/t19-,20+/m0/s1. The van der Waals surface area contributed by atoms with E-state index in [-0.39, 0.29) is 19.3 Å². The summed E-state index contributed by atoms with van der Waals surface area (Å²) in [5.41, 5.74) is 3.50. The lowest BCUT2D eigenvalue weighted by Gasteiger charge is -2.24. The average Bonchev–Trinajstić information content (AvgIpc) is 2.53. The lowest BCUT2D eigenvalue weighted by molar-refractivity contribution is -0.165. The molecule has 0 aliphatic heterocycles. The SMILES string of the molecule is CC(C)=CCOCC(=O)O[C@H](COCC=C(C)C)[C@H](C)OCC=C(C)C. The Morgan fingerprint density at radius 1 is 0.808 bits per heavy atom. The Kier molecular flexibility index (Phi) is 13.9. The molecule has 0 unspecified atom stereocenters. The van der Waals surface area contributed by atoms with Gasteiger partial charge in [0.15, 0.2) is 6.10 Å². The molecule has 0 spiro atoms. The van der Waals surface area contributed by atoms with E-state index in [1.54, 1.807) is 0 Å². The highest BCUT2D eigenvalue weighted by Gasteiger charge is 2.22. The minimum absolute atomic E-state index is 0.0884. The first-order chi connectivity index (χ1) is 12.2. The second-order valence-electron chi connectivity index (χ2n) is 6.96. The molecule has 0 saturated heterocycles. The van der Waals surface area contributed by atoms with Crippen molar-refractivity contribution in [1.29, 1.82) is 0 Å². The van der Waals surface area contributed by atoms with Gasteiger partial charge in [-0.25, -0.2) is 4.79 Å². The Morgan fingerprint density at radius 2 is 1.31 bits per heavy atom. The fourth-order valence-corrected chi connectivity index (χ4v) is 1.72. The third-order valence-electron chi connectivity index (χ3n) is 3.38. The molecule has 0 amide bonds. The number of hydrogen-bond donors (Lipinski definition) is 0. The molecule has 0 aromatic heterocycles. The molecule has 5 heteroatoms. The molecule has 150 valence electrons. The second-order valence-corrected chi connectivity index (χ2v) is 6.96. The van der Waals surface area contributed by atoms with E-state index in [1.807, 2.05) is 66.7 Å². The predicted octanol–water partition coefficient (Wildman–Crippen LogP) is 4.24. The molecule has 2 atom stereocenters. The van der Waals surface area contributed by atoms with Crippen LogP contribution in [-0.2, 0) is 23.7 Å². The lowest BCUT2D eigenvalue weighted by atomic mass is 10.2. The van der Waals surface area contributed by atoms with Crippen LogP contribution in [0.25, 0.3) is 0 Å². The topological polar surface area (TPSA) is 54.0 Å².